The van der Waals surface area contributed by atoms with Gasteiger partial charge in [-0.1, -0.05) is 60.1 Å². The summed E-state index contributed by atoms with van der Waals surface area (Å²) in [5.41, 5.74) is 1.56. The number of carbonyl (C=O) groups excluding carboxylic acids is 2. The second-order valence-electron chi connectivity index (χ2n) is 5.84. The maximum Gasteiger partial charge on any atom is 0.444 e. The molecule has 1 atom stereocenters. The van der Waals surface area contributed by atoms with Crippen molar-refractivity contribution in [1.29, 1.82) is 0 Å². The number of esters is 1. The molecule has 1 amide bonds. The monoisotopic (exact) mass is 387 g/mol. The van der Waals surface area contributed by atoms with Gasteiger partial charge in [0.15, 0.2) is 0 Å². The van der Waals surface area contributed by atoms with Crippen LogP contribution < -0.4 is 0 Å². The second-order valence-corrected chi connectivity index (χ2v) is 6.25. The molecule has 0 fully saturated rings. The van der Waals surface area contributed by atoms with Crippen molar-refractivity contribution < 1.29 is 23.9 Å². The lowest BCUT2D eigenvalue weighted by atomic mass is 9.98. The van der Waals surface area contributed by atoms with Gasteiger partial charge in [0.05, 0.1) is 7.11 Å². The van der Waals surface area contributed by atoms with Crippen LogP contribution in [0.3, 0.4) is 0 Å². The van der Waals surface area contributed by atoms with Gasteiger partial charge in [-0.25, -0.2) is 9.59 Å². The molecule has 1 unspecified atom stereocenters. The molecule has 0 aliphatic carbocycles. The molecule has 3 rings (SSSR count). The van der Waals surface area contributed by atoms with E-state index in [1.807, 2.05) is 30.3 Å². The van der Waals surface area contributed by atoms with E-state index in [1.54, 1.807) is 31.2 Å². The van der Waals surface area contributed by atoms with Gasteiger partial charge in [-0.05, 0) is 18.6 Å². The molecule has 0 saturated carbocycles. The number of halogens is 1. The Kier molecular flexibility index (Phi) is 5.66. The second kappa shape index (κ2) is 8.14. The van der Waals surface area contributed by atoms with Crippen molar-refractivity contribution in [3.8, 4) is 0 Å². The molecule has 140 valence electrons. The van der Waals surface area contributed by atoms with Crippen molar-refractivity contribution in [1.82, 2.24) is 5.06 Å². The van der Waals surface area contributed by atoms with Gasteiger partial charge in [0.1, 0.15) is 24.0 Å². The summed E-state index contributed by atoms with van der Waals surface area (Å²) in [6.07, 6.45) is -0.734. The van der Waals surface area contributed by atoms with Crippen molar-refractivity contribution in [3.05, 3.63) is 82.1 Å². The maximum absolute atomic E-state index is 12.7. The molecule has 0 aromatic heterocycles. The first-order valence-corrected chi connectivity index (χ1v) is 8.62. The highest BCUT2D eigenvalue weighted by atomic mass is 35.5. The third-order valence-corrected chi connectivity index (χ3v) is 4.46. The van der Waals surface area contributed by atoms with Gasteiger partial charge >= 0.3 is 12.1 Å². The fourth-order valence-corrected chi connectivity index (χ4v) is 3.07. The van der Waals surface area contributed by atoms with Crippen LogP contribution in [0.15, 0.2) is 65.9 Å². The summed E-state index contributed by atoms with van der Waals surface area (Å²) in [6.45, 7) is 1.65. The normalized spacial score (nSPS) is 16.1. The lowest BCUT2D eigenvalue weighted by molar-refractivity contribution is -0.137. The summed E-state index contributed by atoms with van der Waals surface area (Å²) in [7, 11) is 1.27. The van der Waals surface area contributed by atoms with Crippen LogP contribution in [0, 0.1) is 0 Å². The molecule has 0 radical (unpaired) electrons. The molecular weight excluding hydrogens is 370 g/mol. The van der Waals surface area contributed by atoms with Gasteiger partial charge in [-0.15, -0.1) is 5.06 Å². The SMILES string of the molecule is COC(=O)C1=C(C)ON(C(=O)OCc2ccccc2)C1c1ccccc1Cl. The van der Waals surface area contributed by atoms with E-state index < -0.39 is 18.1 Å². The Hall–Kier alpha value is -2.99. The van der Waals surface area contributed by atoms with E-state index in [0.29, 0.717) is 10.6 Å². The van der Waals surface area contributed by atoms with Crippen LogP contribution >= 0.6 is 11.6 Å². The quantitative estimate of drug-likeness (QED) is 0.727. The number of benzene rings is 2. The first kappa shape index (κ1) is 18.8. The number of hydrogen-bond acceptors (Lipinski definition) is 5. The molecule has 2 aromatic rings. The number of rotatable bonds is 4. The third-order valence-electron chi connectivity index (χ3n) is 4.11. The minimum absolute atomic E-state index is 0.0708. The molecule has 2 aromatic carbocycles. The number of amides is 1. The van der Waals surface area contributed by atoms with Gasteiger partial charge in [-0.3, -0.25) is 0 Å². The number of carbonyl (C=O) groups is 2. The lowest BCUT2D eigenvalue weighted by Gasteiger charge is -2.24. The highest BCUT2D eigenvalue weighted by molar-refractivity contribution is 6.31. The van der Waals surface area contributed by atoms with Crippen LogP contribution in [0.1, 0.15) is 24.1 Å². The Morgan fingerprint density at radius 1 is 1.11 bits per heavy atom. The molecule has 0 bridgehead atoms. The van der Waals surface area contributed by atoms with E-state index in [0.717, 1.165) is 10.6 Å². The summed E-state index contributed by atoms with van der Waals surface area (Å²) in [5, 5.41) is 1.40. The summed E-state index contributed by atoms with van der Waals surface area (Å²) < 4.78 is 10.2. The average Bonchev–Trinajstić information content (AvgIpc) is 3.03. The van der Waals surface area contributed by atoms with Gasteiger partial charge in [0.2, 0.25) is 0 Å². The lowest BCUT2D eigenvalue weighted by Crippen LogP contribution is -2.33. The van der Waals surface area contributed by atoms with E-state index in [9.17, 15) is 9.59 Å². The maximum atomic E-state index is 12.7. The van der Waals surface area contributed by atoms with Crippen molar-refractivity contribution in [3.63, 3.8) is 0 Å². The zero-order valence-electron chi connectivity index (χ0n) is 14.8. The summed E-state index contributed by atoms with van der Waals surface area (Å²) >= 11 is 6.30. The highest BCUT2D eigenvalue weighted by Crippen LogP contribution is 2.41. The van der Waals surface area contributed by atoms with E-state index in [2.05, 4.69) is 0 Å². The molecular formula is C20H18ClNO5. The van der Waals surface area contributed by atoms with Crippen LogP contribution in [0.2, 0.25) is 5.02 Å². The fourth-order valence-electron chi connectivity index (χ4n) is 2.83. The highest BCUT2D eigenvalue weighted by Gasteiger charge is 2.43. The van der Waals surface area contributed by atoms with Crippen LogP contribution in [-0.4, -0.2) is 24.2 Å². The predicted octanol–water partition coefficient (Wildman–Crippen LogP) is 4.41. The number of ether oxygens (including phenoxy) is 2. The van der Waals surface area contributed by atoms with Gasteiger partial charge in [0.25, 0.3) is 0 Å². The smallest absolute Gasteiger partial charge is 0.444 e. The van der Waals surface area contributed by atoms with E-state index >= 15 is 0 Å². The standard InChI is InChI=1S/C20H18ClNO5/c1-13-17(19(23)25-2)18(15-10-6-7-11-16(15)21)22(27-13)20(24)26-12-14-8-4-3-5-9-14/h3-11,18H,12H2,1-2H3. The van der Waals surface area contributed by atoms with Crippen LogP contribution in [0.5, 0.6) is 0 Å². The summed E-state index contributed by atoms with van der Waals surface area (Å²) in [4.78, 5) is 30.5. The molecule has 7 heteroatoms. The first-order valence-electron chi connectivity index (χ1n) is 8.24. The van der Waals surface area contributed by atoms with Crippen LogP contribution in [-0.2, 0) is 25.7 Å². The van der Waals surface area contributed by atoms with Gasteiger partial charge in [-0.2, -0.15) is 0 Å². The zero-order valence-corrected chi connectivity index (χ0v) is 15.6. The number of methoxy groups -OCH3 is 1. The molecule has 1 aliphatic heterocycles. The fraction of sp³-hybridized carbons (Fsp3) is 0.200. The average molecular weight is 388 g/mol. The van der Waals surface area contributed by atoms with Crippen molar-refractivity contribution >= 4 is 23.7 Å². The Morgan fingerprint density at radius 2 is 1.78 bits per heavy atom. The minimum atomic E-state index is -0.866. The Morgan fingerprint density at radius 3 is 2.44 bits per heavy atom. The number of hydrogen-bond donors (Lipinski definition) is 0. The molecule has 1 aliphatic rings. The van der Waals surface area contributed by atoms with E-state index in [-0.39, 0.29) is 17.9 Å². The summed E-state index contributed by atoms with van der Waals surface area (Å²) in [5.74, 6) is -0.348. The Bertz CT molecular complexity index is 881. The molecule has 1 heterocycles. The van der Waals surface area contributed by atoms with Crippen LogP contribution in [0.25, 0.3) is 0 Å². The van der Waals surface area contributed by atoms with Crippen molar-refractivity contribution in [2.45, 2.75) is 19.6 Å². The zero-order chi connectivity index (χ0) is 19.4. The topological polar surface area (TPSA) is 65.1 Å². The summed E-state index contributed by atoms with van der Waals surface area (Å²) in [6, 6.07) is 15.3. The molecule has 0 saturated heterocycles. The van der Waals surface area contributed by atoms with Crippen molar-refractivity contribution in [2.75, 3.05) is 7.11 Å². The van der Waals surface area contributed by atoms with Crippen molar-refractivity contribution in [2.24, 2.45) is 0 Å². The molecule has 0 spiro atoms. The first-order chi connectivity index (χ1) is 13.0. The molecule has 0 N–H and O–H groups in total. The molecule has 27 heavy (non-hydrogen) atoms. The molecule has 6 nitrogen and oxygen atoms in total. The number of allylic oxidation sites excluding steroid dienone is 1. The Labute approximate surface area is 161 Å². The number of hydroxylamine groups is 2. The number of nitrogens with zero attached hydrogens (tertiary/aromatic N) is 1. The predicted molar refractivity (Wildman–Crippen MR) is 98.5 cm³/mol. The largest absolute Gasteiger partial charge is 0.465 e. The van der Waals surface area contributed by atoms with Gasteiger partial charge in [0, 0.05) is 10.6 Å². The minimum Gasteiger partial charge on any atom is -0.465 e. The Balaban J connectivity index is 1.88. The van der Waals surface area contributed by atoms with Crippen LogP contribution in [0.4, 0.5) is 4.79 Å². The van der Waals surface area contributed by atoms with E-state index in [1.165, 1.54) is 7.11 Å². The van der Waals surface area contributed by atoms with E-state index in [4.69, 9.17) is 25.9 Å². The van der Waals surface area contributed by atoms with Gasteiger partial charge < -0.3 is 14.3 Å². The third kappa shape index (κ3) is 3.90.